The van der Waals surface area contributed by atoms with Gasteiger partial charge in [0.05, 0.1) is 6.10 Å². The molecule has 1 fully saturated rings. The summed E-state index contributed by atoms with van der Waals surface area (Å²) in [4.78, 5) is 8.77. The van der Waals surface area contributed by atoms with E-state index < -0.39 is 0 Å². The lowest BCUT2D eigenvalue weighted by atomic mass is 10.3. The van der Waals surface area contributed by atoms with Gasteiger partial charge in [-0.2, -0.15) is 0 Å². The van der Waals surface area contributed by atoms with Crippen LogP contribution < -0.4 is 5.32 Å². The van der Waals surface area contributed by atoms with E-state index in [0.29, 0.717) is 11.4 Å². The van der Waals surface area contributed by atoms with Crippen LogP contribution in [0.5, 0.6) is 0 Å². The zero-order valence-corrected chi connectivity index (χ0v) is 11.2. The largest absolute Gasteiger partial charge is 0.377 e. The molecule has 0 aromatic carbocycles. The van der Waals surface area contributed by atoms with Crippen LogP contribution in [0.25, 0.3) is 0 Å². The van der Waals surface area contributed by atoms with Crippen molar-refractivity contribution in [2.24, 2.45) is 0 Å². The molecule has 0 aliphatic carbocycles. The van der Waals surface area contributed by atoms with Gasteiger partial charge in [-0.3, -0.25) is 0 Å². The van der Waals surface area contributed by atoms with Crippen LogP contribution in [0.2, 0.25) is 0 Å². The van der Waals surface area contributed by atoms with E-state index in [1.807, 2.05) is 12.4 Å². The molecule has 0 amide bonds. The molecule has 2 heterocycles. The Balaban J connectivity index is 1.89. The van der Waals surface area contributed by atoms with E-state index in [1.54, 1.807) is 11.8 Å². The minimum Gasteiger partial charge on any atom is -0.377 e. The average Bonchev–Trinajstić information content (AvgIpc) is 2.74. The average molecular weight is 253 g/mol. The smallest absolute Gasteiger partial charge is 0.187 e. The number of nitrogens with zero attached hydrogens (tertiary/aromatic N) is 2. The SMILES string of the molecule is CCNCc1cnc(SC2CCOC2C)nc1. The van der Waals surface area contributed by atoms with Gasteiger partial charge in [-0.25, -0.2) is 9.97 Å². The number of rotatable bonds is 5. The number of nitrogens with one attached hydrogen (secondary N) is 1. The molecule has 0 spiro atoms. The maximum Gasteiger partial charge on any atom is 0.187 e. The Bertz CT molecular complexity index is 344. The quantitative estimate of drug-likeness (QED) is 0.812. The summed E-state index contributed by atoms with van der Waals surface area (Å²) in [5.74, 6) is 0. The maximum absolute atomic E-state index is 5.53. The molecule has 1 aliphatic heterocycles. The number of hydrogen-bond acceptors (Lipinski definition) is 5. The van der Waals surface area contributed by atoms with Crippen LogP contribution >= 0.6 is 11.8 Å². The first-order valence-electron chi connectivity index (χ1n) is 6.09. The molecule has 1 aromatic heterocycles. The Hall–Kier alpha value is -0.650. The highest BCUT2D eigenvalue weighted by molar-refractivity contribution is 7.99. The van der Waals surface area contributed by atoms with Crippen LogP contribution in [0.4, 0.5) is 0 Å². The maximum atomic E-state index is 5.53. The highest BCUT2D eigenvalue weighted by Crippen LogP contribution is 2.30. The number of thioether (sulfide) groups is 1. The molecule has 2 atom stereocenters. The Morgan fingerprint density at radius 3 is 2.82 bits per heavy atom. The molecule has 0 radical (unpaired) electrons. The van der Waals surface area contributed by atoms with Gasteiger partial charge in [0.25, 0.3) is 0 Å². The second kappa shape index (κ2) is 6.33. The molecule has 4 nitrogen and oxygen atoms in total. The van der Waals surface area contributed by atoms with Crippen molar-refractivity contribution < 1.29 is 4.74 Å². The van der Waals surface area contributed by atoms with Crippen LogP contribution in [0.1, 0.15) is 25.8 Å². The second-order valence-electron chi connectivity index (χ2n) is 4.18. The summed E-state index contributed by atoms with van der Waals surface area (Å²) in [6, 6.07) is 0. The van der Waals surface area contributed by atoms with Crippen molar-refractivity contribution in [1.29, 1.82) is 0 Å². The van der Waals surface area contributed by atoms with Gasteiger partial charge in [0.1, 0.15) is 0 Å². The highest BCUT2D eigenvalue weighted by atomic mass is 32.2. The number of hydrogen-bond donors (Lipinski definition) is 1. The molecule has 94 valence electrons. The van der Waals surface area contributed by atoms with Crippen LogP contribution in [0.3, 0.4) is 0 Å². The third-order valence-corrected chi connectivity index (χ3v) is 4.17. The lowest BCUT2D eigenvalue weighted by molar-refractivity contribution is 0.127. The minimum atomic E-state index is 0.310. The molecule has 2 rings (SSSR count). The van der Waals surface area contributed by atoms with Crippen LogP contribution in [-0.4, -0.2) is 34.5 Å². The minimum absolute atomic E-state index is 0.310. The van der Waals surface area contributed by atoms with Crippen LogP contribution in [0.15, 0.2) is 17.6 Å². The van der Waals surface area contributed by atoms with Gasteiger partial charge in [0.15, 0.2) is 5.16 Å². The van der Waals surface area contributed by atoms with E-state index in [2.05, 4.69) is 29.1 Å². The monoisotopic (exact) mass is 253 g/mol. The third kappa shape index (κ3) is 3.66. The summed E-state index contributed by atoms with van der Waals surface area (Å²) in [5.41, 5.74) is 1.13. The summed E-state index contributed by atoms with van der Waals surface area (Å²) >= 11 is 1.72. The van der Waals surface area contributed by atoms with Crippen molar-refractivity contribution in [2.45, 2.75) is 43.3 Å². The van der Waals surface area contributed by atoms with Gasteiger partial charge in [0.2, 0.25) is 0 Å². The van der Waals surface area contributed by atoms with Crippen molar-refractivity contribution in [1.82, 2.24) is 15.3 Å². The first-order valence-corrected chi connectivity index (χ1v) is 6.97. The number of ether oxygens (including phenoxy) is 1. The first kappa shape index (κ1) is 12.8. The fraction of sp³-hybridized carbons (Fsp3) is 0.667. The van der Waals surface area contributed by atoms with Crippen molar-refractivity contribution in [3.05, 3.63) is 18.0 Å². The van der Waals surface area contributed by atoms with Gasteiger partial charge in [0, 0.05) is 36.4 Å². The van der Waals surface area contributed by atoms with E-state index in [1.165, 1.54) is 0 Å². The molecule has 1 saturated heterocycles. The van der Waals surface area contributed by atoms with Gasteiger partial charge in [-0.05, 0) is 19.9 Å². The lowest BCUT2D eigenvalue weighted by Gasteiger charge is -2.12. The molecule has 1 aromatic rings. The first-order chi connectivity index (χ1) is 8.29. The third-order valence-electron chi connectivity index (χ3n) is 2.82. The predicted octanol–water partition coefficient (Wildman–Crippen LogP) is 1.86. The van der Waals surface area contributed by atoms with Crippen molar-refractivity contribution >= 4 is 11.8 Å². The Morgan fingerprint density at radius 1 is 1.47 bits per heavy atom. The molecular formula is C12H19N3OS. The van der Waals surface area contributed by atoms with Gasteiger partial charge >= 0.3 is 0 Å². The van der Waals surface area contributed by atoms with Crippen molar-refractivity contribution in [2.75, 3.05) is 13.2 Å². The number of aromatic nitrogens is 2. The summed E-state index contributed by atoms with van der Waals surface area (Å²) in [6.07, 6.45) is 5.20. The topological polar surface area (TPSA) is 47.0 Å². The summed E-state index contributed by atoms with van der Waals surface area (Å²) in [6.45, 7) is 6.87. The fourth-order valence-corrected chi connectivity index (χ4v) is 2.75. The van der Waals surface area contributed by atoms with Crippen LogP contribution in [0, 0.1) is 0 Å². The van der Waals surface area contributed by atoms with E-state index >= 15 is 0 Å². The van der Waals surface area contributed by atoms with Crippen molar-refractivity contribution in [3.63, 3.8) is 0 Å². The van der Waals surface area contributed by atoms with Crippen molar-refractivity contribution in [3.8, 4) is 0 Å². The Morgan fingerprint density at radius 2 is 2.24 bits per heavy atom. The highest BCUT2D eigenvalue weighted by Gasteiger charge is 2.25. The van der Waals surface area contributed by atoms with E-state index in [9.17, 15) is 0 Å². The van der Waals surface area contributed by atoms with E-state index in [4.69, 9.17) is 4.74 Å². The Labute approximate surface area is 107 Å². The normalized spacial score (nSPS) is 24.1. The standard InChI is InChI=1S/C12H19N3OS/c1-3-13-6-10-7-14-12(15-8-10)17-11-4-5-16-9(11)2/h7-9,11,13H,3-6H2,1-2H3. The van der Waals surface area contributed by atoms with E-state index in [0.717, 1.165) is 36.8 Å². The lowest BCUT2D eigenvalue weighted by Crippen LogP contribution is -2.14. The molecule has 17 heavy (non-hydrogen) atoms. The molecule has 0 bridgehead atoms. The zero-order chi connectivity index (χ0) is 12.1. The summed E-state index contributed by atoms with van der Waals surface area (Å²) in [5, 5.41) is 4.61. The molecule has 1 N–H and O–H groups in total. The van der Waals surface area contributed by atoms with Gasteiger partial charge < -0.3 is 10.1 Å². The fourth-order valence-electron chi connectivity index (χ4n) is 1.77. The predicted molar refractivity (Wildman–Crippen MR) is 69.1 cm³/mol. The molecule has 1 aliphatic rings. The van der Waals surface area contributed by atoms with Gasteiger partial charge in [-0.1, -0.05) is 18.7 Å². The van der Waals surface area contributed by atoms with Crippen LogP contribution in [-0.2, 0) is 11.3 Å². The van der Waals surface area contributed by atoms with Gasteiger partial charge in [-0.15, -0.1) is 0 Å². The molecule has 2 unspecified atom stereocenters. The summed E-state index contributed by atoms with van der Waals surface area (Å²) in [7, 11) is 0. The van der Waals surface area contributed by atoms with E-state index in [-0.39, 0.29) is 0 Å². The molecule has 5 heteroatoms. The Kier molecular flexibility index (Phi) is 4.76. The summed E-state index contributed by atoms with van der Waals surface area (Å²) < 4.78 is 5.53. The zero-order valence-electron chi connectivity index (χ0n) is 10.3. The molecule has 0 saturated carbocycles. The molecular weight excluding hydrogens is 234 g/mol. The second-order valence-corrected chi connectivity index (χ2v) is 5.38.